The molecule has 1 fully saturated rings. The molecule has 0 heteroatoms. The van der Waals surface area contributed by atoms with Gasteiger partial charge in [-0.25, -0.2) is 0 Å². The highest BCUT2D eigenvalue weighted by atomic mass is 14.4. The average molecular weight is 477 g/mol. The van der Waals surface area contributed by atoms with E-state index in [0.29, 0.717) is 17.3 Å². The predicted molar refractivity (Wildman–Crippen MR) is 157 cm³/mol. The second-order valence-electron chi connectivity index (χ2n) is 12.4. The number of hydrogen-bond acceptors (Lipinski definition) is 0. The Labute approximate surface area is 219 Å². The van der Waals surface area contributed by atoms with Crippen molar-refractivity contribution < 1.29 is 0 Å². The van der Waals surface area contributed by atoms with Gasteiger partial charge in [-0.3, -0.25) is 0 Å². The van der Waals surface area contributed by atoms with Gasteiger partial charge in [-0.05, 0) is 109 Å². The van der Waals surface area contributed by atoms with E-state index in [-0.39, 0.29) is 0 Å². The zero-order valence-electron chi connectivity index (χ0n) is 23.2. The van der Waals surface area contributed by atoms with Crippen molar-refractivity contribution in [3.05, 3.63) is 100 Å². The predicted octanol–water partition coefficient (Wildman–Crippen LogP) is 9.99. The van der Waals surface area contributed by atoms with Gasteiger partial charge in [0.05, 0.1) is 0 Å². The third-order valence-electron chi connectivity index (χ3n) is 9.88. The van der Waals surface area contributed by atoms with Crippen LogP contribution in [0.2, 0.25) is 0 Å². The molecule has 0 nitrogen and oxygen atoms in total. The van der Waals surface area contributed by atoms with Gasteiger partial charge in [0.2, 0.25) is 0 Å². The van der Waals surface area contributed by atoms with Gasteiger partial charge >= 0.3 is 0 Å². The monoisotopic (exact) mass is 476 g/mol. The van der Waals surface area contributed by atoms with Gasteiger partial charge < -0.3 is 0 Å². The lowest BCUT2D eigenvalue weighted by atomic mass is 9.59. The topological polar surface area (TPSA) is 0 Å². The number of rotatable bonds is 7. The van der Waals surface area contributed by atoms with Crippen molar-refractivity contribution in [1.82, 2.24) is 0 Å². The van der Waals surface area contributed by atoms with Crippen molar-refractivity contribution in [2.75, 3.05) is 0 Å². The highest BCUT2D eigenvalue weighted by Gasteiger charge is 2.39. The second kappa shape index (κ2) is 9.70. The lowest BCUT2D eigenvalue weighted by molar-refractivity contribution is 0.0578. The van der Waals surface area contributed by atoms with Crippen LogP contribution in [0, 0.1) is 37.0 Å². The van der Waals surface area contributed by atoms with E-state index < -0.39 is 0 Å². The molecule has 0 radical (unpaired) electrons. The molecule has 2 aromatic carbocycles. The smallest absolute Gasteiger partial charge is 0.00826 e. The van der Waals surface area contributed by atoms with E-state index in [1.165, 1.54) is 82.2 Å². The van der Waals surface area contributed by atoms with Crippen LogP contribution in [0.3, 0.4) is 0 Å². The van der Waals surface area contributed by atoms with Gasteiger partial charge in [-0.1, -0.05) is 106 Å². The zero-order chi connectivity index (χ0) is 25.6. The summed E-state index contributed by atoms with van der Waals surface area (Å²) in [7, 11) is 0. The summed E-state index contributed by atoms with van der Waals surface area (Å²) in [6.45, 7) is 20.5. The van der Waals surface area contributed by atoms with Gasteiger partial charge in [0.15, 0.2) is 0 Å². The van der Waals surface area contributed by atoms with E-state index in [2.05, 4.69) is 96.3 Å². The number of benzene rings is 2. The quantitative estimate of drug-likeness (QED) is 0.349. The Morgan fingerprint density at radius 1 is 1.06 bits per heavy atom. The Kier molecular flexibility index (Phi) is 6.75. The van der Waals surface area contributed by atoms with Gasteiger partial charge in [0.1, 0.15) is 0 Å². The maximum absolute atomic E-state index is 4.44. The highest BCUT2D eigenvalue weighted by molar-refractivity contribution is 5.80. The molecule has 0 amide bonds. The van der Waals surface area contributed by atoms with Crippen LogP contribution in [0.4, 0.5) is 0 Å². The average Bonchev–Trinajstić information content (AvgIpc) is 3.22. The van der Waals surface area contributed by atoms with Crippen LogP contribution in [0.15, 0.2) is 72.4 Å². The molecule has 5 rings (SSSR count). The van der Waals surface area contributed by atoms with E-state index in [9.17, 15) is 0 Å². The van der Waals surface area contributed by atoms with Gasteiger partial charge in [0, 0.05) is 5.92 Å². The molecule has 3 aliphatic rings. The first-order chi connectivity index (χ1) is 17.2. The Balaban J connectivity index is 1.44. The van der Waals surface area contributed by atoms with Crippen LogP contribution < -0.4 is 0 Å². The Morgan fingerprint density at radius 3 is 2.53 bits per heavy atom. The molecule has 2 unspecified atom stereocenters. The van der Waals surface area contributed by atoms with E-state index >= 15 is 0 Å². The third-order valence-corrected chi connectivity index (χ3v) is 9.88. The molecule has 2 atom stereocenters. The van der Waals surface area contributed by atoms with Gasteiger partial charge in [-0.15, -0.1) is 0 Å². The highest BCUT2D eigenvalue weighted by Crippen LogP contribution is 2.51. The third kappa shape index (κ3) is 4.49. The molecular formula is C36H44. The minimum Gasteiger partial charge on any atom is -0.0986 e. The number of fused-ring (bicyclic) bond motifs is 1. The van der Waals surface area contributed by atoms with Crippen LogP contribution in [0.1, 0.15) is 80.7 Å². The van der Waals surface area contributed by atoms with Crippen molar-refractivity contribution in [3.8, 4) is 11.1 Å². The van der Waals surface area contributed by atoms with E-state index in [1.54, 1.807) is 5.56 Å². The van der Waals surface area contributed by atoms with Crippen LogP contribution in [0.25, 0.3) is 17.2 Å². The summed E-state index contributed by atoms with van der Waals surface area (Å²) in [6, 6.07) is 11.8. The van der Waals surface area contributed by atoms with E-state index in [0.717, 1.165) is 18.8 Å². The maximum Gasteiger partial charge on any atom is 0.00826 e. The summed E-state index contributed by atoms with van der Waals surface area (Å²) in [6.07, 6.45) is 15.7. The van der Waals surface area contributed by atoms with Crippen molar-refractivity contribution in [2.24, 2.45) is 23.2 Å². The summed E-state index contributed by atoms with van der Waals surface area (Å²) >= 11 is 0. The van der Waals surface area contributed by atoms with Crippen molar-refractivity contribution in [1.29, 1.82) is 0 Å². The SMILES string of the molecule is C=C1C=CC(C)C(=C)C1CC1=Cc2cccc(-c3cc(C)cc(C)c3CCC3(C(C)C)CCC3)c2C1. The molecule has 0 heterocycles. The fourth-order valence-corrected chi connectivity index (χ4v) is 7.10. The number of hydrogen-bond donors (Lipinski definition) is 0. The van der Waals surface area contributed by atoms with Crippen molar-refractivity contribution in [2.45, 2.75) is 79.6 Å². The Bertz CT molecular complexity index is 1260. The minimum atomic E-state index is 0.362. The molecule has 0 aliphatic heterocycles. The molecule has 188 valence electrons. The molecule has 0 saturated heterocycles. The molecule has 1 saturated carbocycles. The second-order valence-corrected chi connectivity index (χ2v) is 12.4. The summed E-state index contributed by atoms with van der Waals surface area (Å²) in [4.78, 5) is 0. The Hall–Kier alpha value is -2.60. The summed E-state index contributed by atoms with van der Waals surface area (Å²) in [5.74, 6) is 1.57. The molecular weight excluding hydrogens is 432 g/mol. The fourth-order valence-electron chi connectivity index (χ4n) is 7.10. The zero-order valence-corrected chi connectivity index (χ0v) is 23.2. The van der Waals surface area contributed by atoms with Crippen LogP contribution in [-0.2, 0) is 12.8 Å². The minimum absolute atomic E-state index is 0.362. The van der Waals surface area contributed by atoms with Crippen molar-refractivity contribution in [3.63, 3.8) is 0 Å². The van der Waals surface area contributed by atoms with E-state index in [1.807, 2.05) is 0 Å². The molecule has 0 aromatic heterocycles. The standard InChI is InChI=1S/C36H44/c1-23(2)36(15-9-16-36)17-14-31-27(6)18-24(3)19-35(31)32-11-8-10-30-20-29(22-34(30)32)21-33-26(5)13-12-25(4)28(33)7/h8,10-13,18-20,23,25,33H,5,7,9,14-17,21-22H2,1-4,6H3. The normalized spacial score (nSPS) is 22.6. The summed E-state index contributed by atoms with van der Waals surface area (Å²) in [5, 5.41) is 0. The van der Waals surface area contributed by atoms with Crippen molar-refractivity contribution >= 4 is 6.08 Å². The van der Waals surface area contributed by atoms with Crippen LogP contribution in [0.5, 0.6) is 0 Å². The maximum atomic E-state index is 4.44. The molecule has 0 N–H and O–H groups in total. The van der Waals surface area contributed by atoms with E-state index in [4.69, 9.17) is 0 Å². The Morgan fingerprint density at radius 2 is 1.83 bits per heavy atom. The fraction of sp³-hybridized carbons (Fsp3) is 0.444. The summed E-state index contributed by atoms with van der Waals surface area (Å²) < 4.78 is 0. The lowest BCUT2D eigenvalue weighted by Crippen LogP contribution is -2.35. The van der Waals surface area contributed by atoms with Crippen LogP contribution >= 0.6 is 0 Å². The van der Waals surface area contributed by atoms with Gasteiger partial charge in [-0.2, -0.15) is 0 Å². The first kappa shape index (κ1) is 25.1. The molecule has 0 spiro atoms. The molecule has 36 heavy (non-hydrogen) atoms. The van der Waals surface area contributed by atoms with Crippen LogP contribution in [-0.4, -0.2) is 0 Å². The summed E-state index contributed by atoms with van der Waals surface area (Å²) in [5.41, 5.74) is 14.8. The molecule has 2 aromatic rings. The lowest BCUT2D eigenvalue weighted by Gasteiger charge is -2.46. The first-order valence-electron chi connectivity index (χ1n) is 14.2. The molecule has 3 aliphatic carbocycles. The van der Waals surface area contributed by atoms with Gasteiger partial charge in [0.25, 0.3) is 0 Å². The molecule has 0 bridgehead atoms. The largest absolute Gasteiger partial charge is 0.0986 e. The number of allylic oxidation sites excluding steroid dienone is 5. The first-order valence-corrected chi connectivity index (χ1v) is 14.2. The number of aryl methyl sites for hydroxylation is 2.